The van der Waals surface area contributed by atoms with E-state index in [0.717, 1.165) is 5.56 Å². The first-order valence-corrected chi connectivity index (χ1v) is 7.45. The number of ether oxygens (including phenoxy) is 2. The highest BCUT2D eigenvalue weighted by Gasteiger charge is 2.12. The molecule has 1 aromatic carbocycles. The average Bonchev–Trinajstić information content (AvgIpc) is 2.60. The fraction of sp³-hybridized carbons (Fsp3) is 0.467. The van der Waals surface area contributed by atoms with Gasteiger partial charge in [0.25, 0.3) is 0 Å². The second kappa shape index (κ2) is 10.9. The molecular weight excluding hydrogens is 314 g/mol. The Labute approximate surface area is 139 Å². The first-order valence-electron chi connectivity index (χ1n) is 7.45. The van der Waals surface area contributed by atoms with Gasteiger partial charge in [-0.3, -0.25) is 4.79 Å². The first-order chi connectivity index (χ1) is 11.6. The predicted molar refractivity (Wildman–Crippen MR) is 87.3 cm³/mol. The molecule has 0 bridgehead atoms. The fourth-order valence-corrected chi connectivity index (χ4v) is 1.86. The molecule has 0 aliphatic carbocycles. The predicted octanol–water partition coefficient (Wildman–Crippen LogP) is 2.53. The largest absolute Gasteiger partial charge is 0.468 e. The van der Waals surface area contributed by atoms with Crippen molar-refractivity contribution in [1.29, 1.82) is 0 Å². The molecule has 1 unspecified atom stereocenters. The molecule has 24 heavy (non-hydrogen) atoms. The zero-order chi connectivity index (χ0) is 17.8. The lowest BCUT2D eigenvalue weighted by molar-refractivity contribution is -0.142. The van der Waals surface area contributed by atoms with Crippen molar-refractivity contribution in [2.75, 3.05) is 13.7 Å². The smallest absolute Gasteiger partial charge is 0.407 e. The molecule has 0 saturated heterocycles. The quantitative estimate of drug-likeness (QED) is 0.235. The summed E-state index contributed by atoms with van der Waals surface area (Å²) in [5.41, 5.74) is 15.2. The normalized spacial score (nSPS) is 11.1. The number of nitrogens with one attached hydrogen (secondary N) is 1. The highest BCUT2D eigenvalue weighted by atomic mass is 16.5. The van der Waals surface area contributed by atoms with Crippen molar-refractivity contribution in [2.24, 2.45) is 10.8 Å². The van der Waals surface area contributed by atoms with Crippen LogP contribution in [0, 0.1) is 0 Å². The van der Waals surface area contributed by atoms with Crippen LogP contribution in [0.4, 0.5) is 10.5 Å². The van der Waals surface area contributed by atoms with E-state index in [-0.39, 0.29) is 6.61 Å². The third kappa shape index (κ3) is 7.48. The van der Waals surface area contributed by atoms with Gasteiger partial charge in [-0.2, -0.15) is 0 Å². The van der Waals surface area contributed by atoms with Gasteiger partial charge < -0.3 is 20.5 Å². The summed E-state index contributed by atoms with van der Waals surface area (Å²) < 4.78 is 9.58. The Morgan fingerprint density at radius 1 is 1.33 bits per heavy atom. The second-order valence-corrected chi connectivity index (χ2v) is 4.98. The number of nitrogens with zero attached hydrogens (tertiary/aromatic N) is 3. The van der Waals surface area contributed by atoms with Gasteiger partial charge in [0.1, 0.15) is 12.6 Å². The highest BCUT2D eigenvalue weighted by Crippen LogP contribution is 2.13. The Kier molecular flexibility index (Phi) is 8.73. The van der Waals surface area contributed by atoms with E-state index in [1.807, 2.05) is 0 Å². The average molecular weight is 335 g/mol. The number of amides is 1. The topological polar surface area (TPSA) is 139 Å². The first kappa shape index (κ1) is 19.3. The monoisotopic (exact) mass is 335 g/mol. The van der Waals surface area contributed by atoms with Crippen LogP contribution in [0.3, 0.4) is 0 Å². The van der Waals surface area contributed by atoms with Crippen molar-refractivity contribution in [1.82, 2.24) is 5.32 Å². The molecule has 9 heteroatoms. The lowest BCUT2D eigenvalue weighted by Gasteiger charge is -2.09. The van der Waals surface area contributed by atoms with Gasteiger partial charge in [-0.25, -0.2) is 4.79 Å². The van der Waals surface area contributed by atoms with E-state index >= 15 is 0 Å². The van der Waals surface area contributed by atoms with Gasteiger partial charge in [0.15, 0.2) is 0 Å². The number of alkyl carbamates (subject to hydrolysis) is 1. The molecule has 130 valence electrons. The van der Waals surface area contributed by atoms with Crippen LogP contribution >= 0.6 is 0 Å². The van der Waals surface area contributed by atoms with Gasteiger partial charge >= 0.3 is 12.1 Å². The number of unbranched alkanes of at least 4 members (excludes halogenated alkanes) is 1. The Morgan fingerprint density at radius 3 is 2.67 bits per heavy atom. The lowest BCUT2D eigenvalue weighted by Crippen LogP contribution is -2.31. The van der Waals surface area contributed by atoms with Crippen LogP contribution in [0.1, 0.15) is 24.8 Å². The maximum absolute atomic E-state index is 11.5. The van der Waals surface area contributed by atoms with E-state index in [4.69, 9.17) is 16.0 Å². The molecule has 9 nitrogen and oxygen atoms in total. The van der Waals surface area contributed by atoms with Crippen molar-refractivity contribution in [3.8, 4) is 0 Å². The molecule has 0 fully saturated rings. The maximum Gasteiger partial charge on any atom is 0.407 e. The maximum atomic E-state index is 11.5. The SMILES string of the molecule is COC(=O)C(N)CCCCNC(=O)OCc1ccc(N=[N+]=[N-])cc1. The molecule has 0 aliphatic heterocycles. The van der Waals surface area contributed by atoms with Crippen molar-refractivity contribution in [3.63, 3.8) is 0 Å². The number of carbonyl (C=O) groups excluding carboxylic acids is 2. The molecule has 3 N–H and O–H groups in total. The summed E-state index contributed by atoms with van der Waals surface area (Å²) in [4.78, 5) is 25.3. The minimum Gasteiger partial charge on any atom is -0.468 e. The van der Waals surface area contributed by atoms with Crippen LogP contribution in [-0.2, 0) is 20.9 Å². The molecule has 0 heterocycles. The van der Waals surface area contributed by atoms with Crippen molar-refractivity contribution in [3.05, 3.63) is 40.3 Å². The number of esters is 1. The third-order valence-corrected chi connectivity index (χ3v) is 3.18. The van der Waals surface area contributed by atoms with E-state index in [1.165, 1.54) is 7.11 Å². The Bertz CT molecular complexity index is 584. The van der Waals surface area contributed by atoms with E-state index < -0.39 is 18.1 Å². The van der Waals surface area contributed by atoms with E-state index in [9.17, 15) is 9.59 Å². The third-order valence-electron chi connectivity index (χ3n) is 3.18. The Hall–Kier alpha value is -2.77. The molecule has 1 rings (SSSR count). The summed E-state index contributed by atoms with van der Waals surface area (Å²) >= 11 is 0. The number of rotatable bonds is 9. The molecule has 1 aromatic rings. The van der Waals surface area contributed by atoms with Crippen molar-refractivity contribution >= 4 is 17.7 Å². The van der Waals surface area contributed by atoms with Crippen molar-refractivity contribution in [2.45, 2.75) is 31.9 Å². The number of benzene rings is 1. The van der Waals surface area contributed by atoms with E-state index in [1.54, 1.807) is 24.3 Å². The second-order valence-electron chi connectivity index (χ2n) is 4.98. The minimum absolute atomic E-state index is 0.121. The van der Waals surface area contributed by atoms with E-state index in [2.05, 4.69) is 20.1 Å². The number of nitrogens with two attached hydrogens (primary N) is 1. The Morgan fingerprint density at radius 2 is 2.04 bits per heavy atom. The molecule has 0 radical (unpaired) electrons. The van der Waals surface area contributed by atoms with Crippen LogP contribution in [0.15, 0.2) is 29.4 Å². The highest BCUT2D eigenvalue weighted by molar-refractivity contribution is 5.75. The molecule has 0 aliphatic rings. The Balaban J connectivity index is 2.16. The summed E-state index contributed by atoms with van der Waals surface area (Å²) in [6, 6.07) is 6.08. The van der Waals surface area contributed by atoms with Crippen LogP contribution < -0.4 is 11.1 Å². The summed E-state index contributed by atoms with van der Waals surface area (Å²) in [5.74, 6) is -0.436. The van der Waals surface area contributed by atoms with Gasteiger partial charge in [0.2, 0.25) is 0 Å². The van der Waals surface area contributed by atoms with Crippen LogP contribution in [0.5, 0.6) is 0 Å². The standard InChI is InChI=1S/C15H21N5O4/c1-23-14(21)13(16)4-2-3-9-18-15(22)24-10-11-5-7-12(8-6-11)19-20-17/h5-8,13H,2-4,9-10,16H2,1H3,(H,18,22). The van der Waals surface area contributed by atoms with Gasteiger partial charge in [-0.05, 0) is 30.4 Å². The minimum atomic E-state index is -0.629. The fourth-order valence-electron chi connectivity index (χ4n) is 1.86. The van der Waals surface area contributed by atoms with Gasteiger partial charge in [0.05, 0.1) is 7.11 Å². The van der Waals surface area contributed by atoms with Crippen LogP contribution in [-0.4, -0.2) is 31.8 Å². The molecule has 1 amide bonds. The van der Waals surface area contributed by atoms with Gasteiger partial charge in [0, 0.05) is 17.1 Å². The molecule has 0 aromatic heterocycles. The summed E-state index contributed by atoms with van der Waals surface area (Å²) in [6.45, 7) is 0.554. The number of hydrogen-bond donors (Lipinski definition) is 2. The van der Waals surface area contributed by atoms with E-state index in [0.29, 0.717) is 31.5 Å². The number of methoxy groups -OCH3 is 1. The zero-order valence-electron chi connectivity index (χ0n) is 13.5. The number of hydrogen-bond acceptors (Lipinski definition) is 6. The van der Waals surface area contributed by atoms with Crippen molar-refractivity contribution < 1.29 is 19.1 Å². The van der Waals surface area contributed by atoms with Crippen LogP contribution in [0.25, 0.3) is 10.4 Å². The van der Waals surface area contributed by atoms with Gasteiger partial charge in [-0.15, -0.1) is 0 Å². The summed E-state index contributed by atoms with van der Waals surface area (Å²) in [5, 5.41) is 6.07. The number of carbonyl (C=O) groups is 2. The van der Waals surface area contributed by atoms with Gasteiger partial charge in [-0.1, -0.05) is 29.4 Å². The molecular formula is C15H21N5O4. The molecule has 0 spiro atoms. The zero-order valence-corrected chi connectivity index (χ0v) is 13.5. The summed E-state index contributed by atoms with van der Waals surface area (Å²) in [6.07, 6.45) is 1.35. The molecule has 0 saturated carbocycles. The lowest BCUT2D eigenvalue weighted by atomic mass is 10.1. The number of azide groups is 1. The van der Waals surface area contributed by atoms with Crippen LogP contribution in [0.2, 0.25) is 0 Å². The molecule has 1 atom stereocenters. The summed E-state index contributed by atoms with van der Waals surface area (Å²) in [7, 11) is 1.30.